The van der Waals surface area contributed by atoms with Crippen molar-refractivity contribution in [3.05, 3.63) is 35.1 Å². The summed E-state index contributed by atoms with van der Waals surface area (Å²) in [7, 11) is 0. The van der Waals surface area contributed by atoms with E-state index in [2.05, 4.69) is 5.32 Å². The third-order valence-electron chi connectivity index (χ3n) is 3.30. The molecule has 0 radical (unpaired) electrons. The van der Waals surface area contributed by atoms with E-state index in [1.54, 1.807) is 12.1 Å². The second-order valence-corrected chi connectivity index (χ2v) is 4.56. The number of aliphatic hydroxyl groups is 1. The Labute approximate surface area is 95.5 Å². The summed E-state index contributed by atoms with van der Waals surface area (Å²) in [5.74, 6) is -0.116. The van der Waals surface area contributed by atoms with Crippen LogP contribution in [0.1, 0.15) is 30.1 Å². The molecule has 1 aliphatic rings. The Kier molecular flexibility index (Phi) is 3.56. The van der Waals surface area contributed by atoms with Crippen LogP contribution < -0.4 is 5.32 Å². The van der Waals surface area contributed by atoms with Crippen molar-refractivity contribution in [1.82, 2.24) is 5.32 Å². The molecule has 1 atom stereocenters. The Balaban J connectivity index is 2.18. The molecule has 2 nitrogen and oxygen atoms in total. The second-order valence-electron chi connectivity index (χ2n) is 4.56. The van der Waals surface area contributed by atoms with Gasteiger partial charge in [-0.1, -0.05) is 17.7 Å². The summed E-state index contributed by atoms with van der Waals surface area (Å²) in [6.07, 6.45) is 1.16. The van der Waals surface area contributed by atoms with Gasteiger partial charge in [-0.15, -0.1) is 0 Å². The summed E-state index contributed by atoms with van der Waals surface area (Å²) in [4.78, 5) is 0. The Bertz CT molecular complexity index is 361. The Morgan fingerprint density at radius 2 is 2.06 bits per heavy atom. The third-order valence-corrected chi connectivity index (χ3v) is 3.30. The predicted molar refractivity (Wildman–Crippen MR) is 61.7 cm³/mol. The first-order valence-electron chi connectivity index (χ1n) is 5.83. The van der Waals surface area contributed by atoms with Crippen molar-refractivity contribution < 1.29 is 9.50 Å². The highest BCUT2D eigenvalue weighted by atomic mass is 19.1. The van der Waals surface area contributed by atoms with Crippen molar-refractivity contribution in [2.75, 3.05) is 13.1 Å². The molecule has 16 heavy (non-hydrogen) atoms. The molecule has 0 amide bonds. The maximum absolute atomic E-state index is 13.6. The lowest BCUT2D eigenvalue weighted by molar-refractivity contribution is 0.0856. The summed E-state index contributed by atoms with van der Waals surface area (Å²) in [6.45, 7) is 3.74. The van der Waals surface area contributed by atoms with Gasteiger partial charge in [0, 0.05) is 5.56 Å². The second kappa shape index (κ2) is 4.93. The number of piperidine rings is 1. The van der Waals surface area contributed by atoms with E-state index in [0.717, 1.165) is 31.5 Å². The minimum atomic E-state index is -0.665. The molecule has 1 heterocycles. The monoisotopic (exact) mass is 223 g/mol. The number of aliphatic hydroxyl groups excluding tert-OH is 1. The largest absolute Gasteiger partial charge is 0.388 e. The highest BCUT2D eigenvalue weighted by Gasteiger charge is 2.24. The van der Waals surface area contributed by atoms with E-state index in [1.165, 1.54) is 6.07 Å². The molecule has 1 aromatic rings. The highest BCUT2D eigenvalue weighted by molar-refractivity contribution is 5.26. The maximum Gasteiger partial charge on any atom is 0.129 e. The maximum atomic E-state index is 13.6. The fourth-order valence-electron chi connectivity index (χ4n) is 2.30. The van der Waals surface area contributed by atoms with Gasteiger partial charge < -0.3 is 10.4 Å². The number of halogens is 1. The summed E-state index contributed by atoms with van der Waals surface area (Å²) < 4.78 is 13.6. The van der Waals surface area contributed by atoms with Gasteiger partial charge >= 0.3 is 0 Å². The van der Waals surface area contributed by atoms with Crippen LogP contribution in [0.25, 0.3) is 0 Å². The summed E-state index contributed by atoms with van der Waals surface area (Å²) in [6, 6.07) is 4.92. The van der Waals surface area contributed by atoms with Gasteiger partial charge in [0.05, 0.1) is 6.10 Å². The molecule has 1 aromatic carbocycles. The quantitative estimate of drug-likeness (QED) is 0.805. The number of benzene rings is 1. The summed E-state index contributed by atoms with van der Waals surface area (Å²) in [5.41, 5.74) is 1.44. The molecule has 0 bridgehead atoms. The summed E-state index contributed by atoms with van der Waals surface area (Å²) >= 11 is 0. The average Bonchev–Trinajstić information content (AvgIpc) is 2.32. The Morgan fingerprint density at radius 1 is 1.38 bits per heavy atom. The molecule has 1 unspecified atom stereocenters. The fourth-order valence-corrected chi connectivity index (χ4v) is 2.30. The van der Waals surface area contributed by atoms with Crippen molar-refractivity contribution in [2.45, 2.75) is 25.9 Å². The molecule has 3 heteroatoms. The van der Waals surface area contributed by atoms with Crippen LogP contribution in [-0.2, 0) is 0 Å². The van der Waals surface area contributed by atoms with Gasteiger partial charge in [-0.25, -0.2) is 4.39 Å². The molecule has 0 aromatic heterocycles. The van der Waals surface area contributed by atoms with Crippen LogP contribution in [0, 0.1) is 18.7 Å². The number of aryl methyl sites for hydroxylation is 1. The van der Waals surface area contributed by atoms with Crippen LogP contribution in [0.3, 0.4) is 0 Å². The normalized spacial score (nSPS) is 19.7. The van der Waals surface area contributed by atoms with Crippen LogP contribution in [0.4, 0.5) is 4.39 Å². The van der Waals surface area contributed by atoms with E-state index in [0.29, 0.717) is 5.56 Å². The molecular formula is C13H18FNO. The van der Waals surface area contributed by atoms with Gasteiger partial charge in [0.1, 0.15) is 5.82 Å². The van der Waals surface area contributed by atoms with Gasteiger partial charge in [-0.3, -0.25) is 0 Å². The van der Waals surface area contributed by atoms with E-state index in [1.807, 2.05) is 6.92 Å². The number of rotatable bonds is 2. The lowest BCUT2D eigenvalue weighted by Gasteiger charge is -2.27. The van der Waals surface area contributed by atoms with Crippen LogP contribution in [0.2, 0.25) is 0 Å². The van der Waals surface area contributed by atoms with Crippen LogP contribution in [0.5, 0.6) is 0 Å². The van der Waals surface area contributed by atoms with Crippen molar-refractivity contribution in [1.29, 1.82) is 0 Å². The van der Waals surface area contributed by atoms with Gasteiger partial charge in [-0.05, 0) is 44.8 Å². The van der Waals surface area contributed by atoms with Gasteiger partial charge in [0.25, 0.3) is 0 Å². The number of nitrogens with one attached hydrogen (secondary N) is 1. The van der Waals surface area contributed by atoms with Crippen molar-refractivity contribution in [3.63, 3.8) is 0 Å². The zero-order valence-corrected chi connectivity index (χ0v) is 9.54. The van der Waals surface area contributed by atoms with E-state index in [9.17, 15) is 9.50 Å². The van der Waals surface area contributed by atoms with Crippen molar-refractivity contribution >= 4 is 0 Å². The molecule has 1 saturated heterocycles. The zero-order valence-electron chi connectivity index (χ0n) is 9.54. The first-order chi connectivity index (χ1) is 7.68. The van der Waals surface area contributed by atoms with Gasteiger partial charge in [-0.2, -0.15) is 0 Å². The smallest absolute Gasteiger partial charge is 0.129 e. The van der Waals surface area contributed by atoms with E-state index in [-0.39, 0.29) is 11.7 Å². The van der Waals surface area contributed by atoms with E-state index < -0.39 is 6.10 Å². The van der Waals surface area contributed by atoms with E-state index >= 15 is 0 Å². The first kappa shape index (κ1) is 11.6. The summed E-state index contributed by atoms with van der Waals surface area (Å²) in [5, 5.41) is 13.4. The highest BCUT2D eigenvalue weighted by Crippen LogP contribution is 2.30. The molecule has 0 saturated carbocycles. The predicted octanol–water partition coefficient (Wildman–Crippen LogP) is 2.17. The minimum Gasteiger partial charge on any atom is -0.388 e. The third kappa shape index (κ3) is 2.42. The lowest BCUT2D eigenvalue weighted by atomic mass is 9.87. The Morgan fingerprint density at radius 3 is 2.75 bits per heavy atom. The van der Waals surface area contributed by atoms with Crippen LogP contribution >= 0.6 is 0 Å². The SMILES string of the molecule is Cc1ccc(F)c(C(O)C2CCNCC2)c1. The first-order valence-corrected chi connectivity index (χ1v) is 5.83. The number of hydrogen-bond donors (Lipinski definition) is 2. The topological polar surface area (TPSA) is 32.3 Å². The average molecular weight is 223 g/mol. The molecule has 88 valence electrons. The molecule has 2 N–H and O–H groups in total. The van der Waals surface area contributed by atoms with Gasteiger partial charge in [0.15, 0.2) is 0 Å². The molecule has 1 aliphatic heterocycles. The van der Waals surface area contributed by atoms with Crippen LogP contribution in [-0.4, -0.2) is 18.2 Å². The standard InChI is InChI=1S/C13H18FNO/c1-9-2-3-12(14)11(8-9)13(16)10-4-6-15-7-5-10/h2-3,8,10,13,15-16H,4-7H2,1H3. The molecule has 1 fully saturated rings. The zero-order chi connectivity index (χ0) is 11.5. The molecule has 0 spiro atoms. The van der Waals surface area contributed by atoms with Crippen molar-refractivity contribution in [2.24, 2.45) is 5.92 Å². The number of hydrogen-bond acceptors (Lipinski definition) is 2. The molecule has 0 aliphatic carbocycles. The van der Waals surface area contributed by atoms with Crippen LogP contribution in [0.15, 0.2) is 18.2 Å². The molecular weight excluding hydrogens is 205 g/mol. The van der Waals surface area contributed by atoms with E-state index in [4.69, 9.17) is 0 Å². The van der Waals surface area contributed by atoms with Gasteiger partial charge in [0.2, 0.25) is 0 Å². The minimum absolute atomic E-state index is 0.178. The lowest BCUT2D eigenvalue weighted by Crippen LogP contribution is -2.31. The Hall–Kier alpha value is -0.930. The molecule has 2 rings (SSSR count). The van der Waals surface area contributed by atoms with Crippen molar-refractivity contribution in [3.8, 4) is 0 Å². The fraction of sp³-hybridized carbons (Fsp3) is 0.538.